The molecule has 2 rings (SSSR count). The number of nitrogens with zero attached hydrogens (tertiary/aromatic N) is 3. The Morgan fingerprint density at radius 3 is 2.80 bits per heavy atom. The van der Waals surface area contributed by atoms with E-state index in [1.807, 2.05) is 13.8 Å². The number of hydrogen-bond acceptors (Lipinski definition) is 4. The van der Waals surface area contributed by atoms with Crippen LogP contribution < -0.4 is 5.32 Å². The molecule has 0 radical (unpaired) electrons. The average Bonchev–Trinajstić information content (AvgIpc) is 2.64. The smallest absolute Gasteiger partial charge is 0.134 e. The number of likely N-dealkylation sites (tertiary alicyclic amines) is 1. The van der Waals surface area contributed by atoms with Gasteiger partial charge in [0.05, 0.1) is 0 Å². The number of rotatable bonds is 6. The second-order valence-corrected chi connectivity index (χ2v) is 6.65. The zero-order valence-electron chi connectivity index (χ0n) is 17.2. The Hall–Kier alpha value is -1.55. The molecule has 2 heterocycles. The van der Waals surface area contributed by atoms with Gasteiger partial charge in [0.1, 0.15) is 11.6 Å². The van der Waals surface area contributed by atoms with Crippen LogP contribution in [-0.2, 0) is 0 Å². The van der Waals surface area contributed by atoms with Gasteiger partial charge in [-0.15, -0.1) is 0 Å². The molecule has 0 spiro atoms. The van der Waals surface area contributed by atoms with Gasteiger partial charge in [0.25, 0.3) is 0 Å². The maximum absolute atomic E-state index is 4.72. The molecule has 1 atom stereocenters. The highest BCUT2D eigenvalue weighted by Crippen LogP contribution is 2.25. The lowest BCUT2D eigenvalue weighted by Crippen LogP contribution is -2.47. The summed E-state index contributed by atoms with van der Waals surface area (Å²) in [6.45, 7) is 14.7. The van der Waals surface area contributed by atoms with Gasteiger partial charge in [0, 0.05) is 38.0 Å². The number of nitrogens with one attached hydrogen (secondary N) is 1. The van der Waals surface area contributed by atoms with E-state index in [0.29, 0.717) is 6.04 Å². The van der Waals surface area contributed by atoms with Crippen molar-refractivity contribution in [1.82, 2.24) is 15.1 Å². The molecular weight excluding hydrogens is 308 g/mol. The first-order chi connectivity index (χ1) is 12.0. The van der Waals surface area contributed by atoms with E-state index in [0.717, 1.165) is 31.0 Å². The summed E-state index contributed by atoms with van der Waals surface area (Å²) in [7, 11) is 4.17. The number of allylic oxidation sites excluding steroid dienone is 3. The van der Waals surface area contributed by atoms with Gasteiger partial charge in [0.2, 0.25) is 0 Å². The van der Waals surface area contributed by atoms with Crippen LogP contribution in [0.3, 0.4) is 0 Å². The molecule has 1 N–H and O–H groups in total. The van der Waals surface area contributed by atoms with Gasteiger partial charge in [-0.25, -0.2) is 4.99 Å². The molecule has 2 aliphatic rings. The summed E-state index contributed by atoms with van der Waals surface area (Å²) in [5.74, 6) is 2.26. The third-order valence-corrected chi connectivity index (χ3v) is 4.65. The molecule has 0 amide bonds. The van der Waals surface area contributed by atoms with Crippen LogP contribution >= 0.6 is 0 Å². The Bertz CT molecular complexity index is 516. The van der Waals surface area contributed by atoms with E-state index in [1.165, 1.54) is 37.1 Å². The molecule has 0 aliphatic carbocycles. The van der Waals surface area contributed by atoms with Crippen LogP contribution in [0.25, 0.3) is 0 Å². The van der Waals surface area contributed by atoms with Crippen LogP contribution in [0.15, 0.2) is 40.9 Å². The minimum absolute atomic E-state index is 0.573. The van der Waals surface area contributed by atoms with Crippen molar-refractivity contribution >= 4 is 5.71 Å². The normalized spacial score (nSPS) is 22.2. The SMILES string of the molecule is C=C(/C=C1/N=C(C)C=C(N2CCCC(NC)C2)N1C)CCCC.CC. The molecule has 1 unspecified atom stereocenters. The predicted octanol–water partition coefficient (Wildman–Crippen LogP) is 4.53. The van der Waals surface area contributed by atoms with Crippen molar-refractivity contribution in [3.63, 3.8) is 0 Å². The van der Waals surface area contributed by atoms with Crippen molar-refractivity contribution in [2.45, 2.75) is 65.8 Å². The highest BCUT2D eigenvalue weighted by atomic mass is 15.4. The molecule has 4 nitrogen and oxygen atoms in total. The van der Waals surface area contributed by atoms with Crippen molar-refractivity contribution in [1.29, 1.82) is 0 Å². The summed E-state index contributed by atoms with van der Waals surface area (Å²) in [6.07, 6.45) is 10.3. The van der Waals surface area contributed by atoms with Crippen LogP contribution in [0, 0.1) is 0 Å². The Balaban J connectivity index is 0.00000151. The van der Waals surface area contributed by atoms with Crippen LogP contribution in [0.1, 0.15) is 59.8 Å². The largest absolute Gasteiger partial charge is 0.356 e. The van der Waals surface area contributed by atoms with Crippen molar-refractivity contribution in [2.24, 2.45) is 4.99 Å². The van der Waals surface area contributed by atoms with Crippen LogP contribution in [0.2, 0.25) is 0 Å². The van der Waals surface area contributed by atoms with E-state index in [9.17, 15) is 0 Å². The highest BCUT2D eigenvalue weighted by Gasteiger charge is 2.25. The van der Waals surface area contributed by atoms with Gasteiger partial charge in [0.15, 0.2) is 0 Å². The Morgan fingerprint density at radius 1 is 1.44 bits per heavy atom. The zero-order chi connectivity index (χ0) is 18.8. The zero-order valence-corrected chi connectivity index (χ0v) is 17.2. The molecule has 0 bridgehead atoms. The predicted molar refractivity (Wildman–Crippen MR) is 111 cm³/mol. The van der Waals surface area contributed by atoms with Gasteiger partial charge >= 0.3 is 0 Å². The minimum atomic E-state index is 0.573. The molecule has 1 fully saturated rings. The number of piperidine rings is 1. The Labute approximate surface area is 155 Å². The Morgan fingerprint density at radius 2 is 2.16 bits per heavy atom. The van der Waals surface area contributed by atoms with E-state index in [4.69, 9.17) is 4.99 Å². The second-order valence-electron chi connectivity index (χ2n) is 6.65. The molecule has 0 aromatic carbocycles. The topological polar surface area (TPSA) is 30.9 Å². The molecule has 25 heavy (non-hydrogen) atoms. The molecule has 0 saturated carbocycles. The lowest BCUT2D eigenvalue weighted by Gasteiger charge is -2.40. The molecule has 0 aromatic rings. The first kappa shape index (κ1) is 21.5. The third-order valence-electron chi connectivity index (χ3n) is 4.65. The molecule has 4 heteroatoms. The second kappa shape index (κ2) is 11.1. The molecule has 2 aliphatic heterocycles. The average molecular weight is 347 g/mol. The van der Waals surface area contributed by atoms with Crippen molar-refractivity contribution in [3.8, 4) is 0 Å². The van der Waals surface area contributed by atoms with Crippen LogP contribution in [0.4, 0.5) is 0 Å². The minimum Gasteiger partial charge on any atom is -0.356 e. The first-order valence-corrected chi connectivity index (χ1v) is 9.87. The highest BCUT2D eigenvalue weighted by molar-refractivity contribution is 5.94. The Kier molecular flexibility index (Phi) is 9.58. The molecule has 142 valence electrons. The van der Waals surface area contributed by atoms with Crippen molar-refractivity contribution in [3.05, 3.63) is 35.9 Å². The van der Waals surface area contributed by atoms with E-state index in [-0.39, 0.29) is 0 Å². The number of likely N-dealkylation sites (N-methyl/N-ethyl adjacent to an activating group) is 1. The standard InChI is InChI=1S/C19H32N4.C2H6/c1-6-7-9-15(2)12-18-21-16(3)13-19(22(18)5)23-11-8-10-17(14-23)20-4;1-2/h12-13,17,20H,2,6-11,14H2,1,3-5H3;1-2H3/b18-12-;. The number of aliphatic imine (C=N–C) groups is 1. The number of unbranched alkanes of at least 4 members (excludes halogenated alkanes) is 1. The maximum Gasteiger partial charge on any atom is 0.134 e. The van der Waals surface area contributed by atoms with E-state index in [2.05, 4.69) is 61.8 Å². The fourth-order valence-electron chi connectivity index (χ4n) is 3.20. The summed E-state index contributed by atoms with van der Waals surface area (Å²) in [5, 5.41) is 3.42. The molecule has 1 saturated heterocycles. The first-order valence-electron chi connectivity index (χ1n) is 9.87. The van der Waals surface area contributed by atoms with E-state index >= 15 is 0 Å². The molecular formula is C21H38N4. The maximum atomic E-state index is 4.72. The van der Waals surface area contributed by atoms with Gasteiger partial charge < -0.3 is 15.1 Å². The van der Waals surface area contributed by atoms with Gasteiger partial charge in [-0.1, -0.05) is 39.3 Å². The van der Waals surface area contributed by atoms with Crippen molar-refractivity contribution in [2.75, 3.05) is 27.2 Å². The summed E-state index contributed by atoms with van der Waals surface area (Å²) >= 11 is 0. The van der Waals surface area contributed by atoms with Gasteiger partial charge in [-0.3, -0.25) is 0 Å². The fourth-order valence-corrected chi connectivity index (χ4v) is 3.20. The third kappa shape index (κ3) is 6.35. The number of hydrogen-bond donors (Lipinski definition) is 1. The van der Waals surface area contributed by atoms with Crippen molar-refractivity contribution < 1.29 is 0 Å². The lowest BCUT2D eigenvalue weighted by atomic mass is 10.1. The monoisotopic (exact) mass is 346 g/mol. The van der Waals surface area contributed by atoms with E-state index in [1.54, 1.807) is 0 Å². The van der Waals surface area contributed by atoms with Gasteiger partial charge in [-0.2, -0.15) is 0 Å². The van der Waals surface area contributed by atoms with Gasteiger partial charge in [-0.05, 0) is 45.7 Å². The summed E-state index contributed by atoms with van der Waals surface area (Å²) in [6, 6.07) is 0.573. The molecule has 0 aromatic heterocycles. The fraction of sp³-hybridized carbons (Fsp3) is 0.667. The van der Waals surface area contributed by atoms with Crippen LogP contribution in [0.5, 0.6) is 0 Å². The van der Waals surface area contributed by atoms with E-state index < -0.39 is 0 Å². The summed E-state index contributed by atoms with van der Waals surface area (Å²) in [5.41, 5.74) is 2.23. The van der Waals surface area contributed by atoms with Crippen LogP contribution in [-0.4, -0.2) is 48.7 Å². The summed E-state index contributed by atoms with van der Waals surface area (Å²) < 4.78 is 0. The lowest BCUT2D eigenvalue weighted by molar-refractivity contribution is 0.194. The summed E-state index contributed by atoms with van der Waals surface area (Å²) in [4.78, 5) is 9.41. The quantitative estimate of drug-likeness (QED) is 0.766.